The van der Waals surface area contributed by atoms with Gasteiger partial charge in [-0.2, -0.15) is 0 Å². The Morgan fingerprint density at radius 1 is 1.03 bits per heavy atom. The Bertz CT molecular complexity index is 1080. The molecule has 0 aromatic heterocycles. The first kappa shape index (κ1) is 26.8. The predicted octanol–water partition coefficient (Wildman–Crippen LogP) is 4.98. The molecule has 8 heteroatoms. The normalized spacial score (nSPS) is 15.5. The molecule has 1 amide bonds. The van der Waals surface area contributed by atoms with Gasteiger partial charge in [0, 0.05) is 50.9 Å². The van der Waals surface area contributed by atoms with Crippen LogP contribution in [0.1, 0.15) is 42.9 Å². The lowest BCUT2D eigenvalue weighted by Gasteiger charge is -2.37. The number of hydrogen-bond acceptors (Lipinski definition) is 7. The van der Waals surface area contributed by atoms with Gasteiger partial charge in [-0.05, 0) is 75.4 Å². The Hall–Kier alpha value is -3.26. The molecule has 2 heterocycles. The topological polar surface area (TPSA) is 75.6 Å². The number of amides is 1. The van der Waals surface area contributed by atoms with Gasteiger partial charge in [-0.25, -0.2) is 9.79 Å². The van der Waals surface area contributed by atoms with Gasteiger partial charge in [0.25, 0.3) is 0 Å². The van der Waals surface area contributed by atoms with Crippen molar-refractivity contribution in [1.29, 1.82) is 0 Å². The number of rotatable bonds is 10. The van der Waals surface area contributed by atoms with Crippen LogP contribution in [-0.2, 0) is 15.9 Å². The number of carbonyl (C=O) groups is 1. The molecule has 0 atom stereocenters. The van der Waals surface area contributed by atoms with Crippen LogP contribution in [0.15, 0.2) is 41.4 Å². The highest BCUT2D eigenvalue weighted by atomic mass is 16.7. The number of ether oxygens (including phenoxy) is 3. The van der Waals surface area contributed by atoms with E-state index in [0.29, 0.717) is 25.5 Å². The quantitative estimate of drug-likeness (QED) is 0.360. The molecule has 2 aliphatic rings. The first-order valence-electron chi connectivity index (χ1n) is 13.4. The van der Waals surface area contributed by atoms with Gasteiger partial charge in [0.05, 0.1) is 12.3 Å². The highest BCUT2D eigenvalue weighted by Crippen LogP contribution is 2.30. The summed E-state index contributed by atoms with van der Waals surface area (Å²) in [6.07, 6.45) is 3.17. The van der Waals surface area contributed by atoms with E-state index in [1.807, 2.05) is 19.1 Å². The highest BCUT2D eigenvalue weighted by molar-refractivity contribution is 5.82. The number of piperazine rings is 1. The molecule has 200 valence electrons. The zero-order valence-corrected chi connectivity index (χ0v) is 22.4. The summed E-state index contributed by atoms with van der Waals surface area (Å²) in [6.45, 7) is 12.8. The number of hydrogen-bond donors (Lipinski definition) is 1. The summed E-state index contributed by atoms with van der Waals surface area (Å²) in [5, 5.41) is 2.56. The first-order chi connectivity index (χ1) is 18.0. The van der Waals surface area contributed by atoms with Crippen LogP contribution >= 0.6 is 0 Å². The molecular weight excluding hydrogens is 468 g/mol. The predicted molar refractivity (Wildman–Crippen MR) is 147 cm³/mol. The molecule has 0 spiro atoms. The van der Waals surface area contributed by atoms with Crippen molar-refractivity contribution < 1.29 is 19.0 Å². The lowest BCUT2D eigenvalue weighted by atomic mass is 10.0. The Morgan fingerprint density at radius 3 is 2.68 bits per heavy atom. The maximum absolute atomic E-state index is 11.4. The van der Waals surface area contributed by atoms with Gasteiger partial charge >= 0.3 is 6.09 Å². The molecule has 0 radical (unpaired) electrons. The summed E-state index contributed by atoms with van der Waals surface area (Å²) in [7, 11) is 0. The van der Waals surface area contributed by atoms with E-state index in [4.69, 9.17) is 14.2 Å². The number of alkyl carbamates (subject to hydrolysis) is 1. The minimum atomic E-state index is -0.491. The van der Waals surface area contributed by atoms with Crippen LogP contribution in [0.5, 0.6) is 5.75 Å². The summed E-state index contributed by atoms with van der Waals surface area (Å²) < 4.78 is 16.5. The second kappa shape index (κ2) is 13.3. The van der Waals surface area contributed by atoms with Crippen molar-refractivity contribution in [2.75, 3.05) is 57.6 Å². The van der Waals surface area contributed by atoms with Gasteiger partial charge in [0.15, 0.2) is 5.90 Å². The van der Waals surface area contributed by atoms with Crippen LogP contribution in [0.3, 0.4) is 0 Å². The van der Waals surface area contributed by atoms with Crippen LogP contribution in [0.2, 0.25) is 0 Å². The molecule has 2 aromatic carbocycles. The summed E-state index contributed by atoms with van der Waals surface area (Å²) in [5.41, 5.74) is 6.18. The molecule has 1 fully saturated rings. The molecule has 1 N–H and O–H groups in total. The number of fused-ring (bicyclic) bond motifs is 1. The second-order valence-corrected chi connectivity index (χ2v) is 9.62. The third kappa shape index (κ3) is 7.61. The second-order valence-electron chi connectivity index (χ2n) is 9.62. The van der Waals surface area contributed by atoms with Crippen molar-refractivity contribution in [2.24, 2.45) is 4.99 Å². The number of anilines is 1. The summed E-state index contributed by atoms with van der Waals surface area (Å²) in [5.74, 6) is 1.40. The Kier molecular flexibility index (Phi) is 9.65. The highest BCUT2D eigenvalue weighted by Gasteiger charge is 2.18. The van der Waals surface area contributed by atoms with Gasteiger partial charge in [-0.1, -0.05) is 18.2 Å². The van der Waals surface area contributed by atoms with Crippen LogP contribution in [0.25, 0.3) is 0 Å². The molecule has 2 aliphatic heterocycles. The first-order valence-corrected chi connectivity index (χ1v) is 13.4. The number of unbranched alkanes of at least 4 members (excludes halogenated alkanes) is 1. The van der Waals surface area contributed by atoms with Crippen LogP contribution in [-0.4, -0.2) is 69.6 Å². The van der Waals surface area contributed by atoms with E-state index in [1.54, 1.807) is 0 Å². The fourth-order valence-corrected chi connectivity index (χ4v) is 4.75. The Morgan fingerprint density at radius 2 is 1.86 bits per heavy atom. The minimum absolute atomic E-state index is 0.142. The molecule has 0 aliphatic carbocycles. The lowest BCUT2D eigenvalue weighted by Crippen LogP contribution is -2.46. The molecule has 4 rings (SSSR count). The average molecular weight is 509 g/mol. The van der Waals surface area contributed by atoms with Gasteiger partial charge in [-0.15, -0.1) is 0 Å². The van der Waals surface area contributed by atoms with Gasteiger partial charge in [0.1, 0.15) is 5.75 Å². The van der Waals surface area contributed by atoms with Crippen molar-refractivity contribution in [2.45, 2.75) is 46.5 Å². The largest absolute Gasteiger partial charge is 0.494 e. The number of carbonyl (C=O) groups excluding carboxylic acids is 1. The zero-order chi connectivity index (χ0) is 26.0. The van der Waals surface area contributed by atoms with Crippen LogP contribution < -0.4 is 15.0 Å². The number of nitrogens with one attached hydrogen (secondary N) is 1. The molecular formula is C29H40N4O4. The van der Waals surface area contributed by atoms with E-state index in [1.165, 1.54) is 22.4 Å². The van der Waals surface area contributed by atoms with E-state index in [9.17, 15) is 4.79 Å². The zero-order valence-electron chi connectivity index (χ0n) is 22.4. The smallest absolute Gasteiger partial charge is 0.410 e. The van der Waals surface area contributed by atoms with Crippen molar-refractivity contribution >= 4 is 23.4 Å². The third-order valence-electron chi connectivity index (χ3n) is 7.07. The fourth-order valence-electron chi connectivity index (χ4n) is 4.75. The fraction of sp³-hybridized carbons (Fsp3) is 0.517. The van der Waals surface area contributed by atoms with Crippen LogP contribution in [0.4, 0.5) is 16.2 Å². The van der Waals surface area contributed by atoms with E-state index in [-0.39, 0.29) is 6.79 Å². The average Bonchev–Trinajstić information content (AvgIpc) is 2.90. The number of benzene rings is 2. The van der Waals surface area contributed by atoms with Gasteiger partial charge < -0.3 is 24.4 Å². The maximum atomic E-state index is 11.4. The lowest BCUT2D eigenvalue weighted by molar-refractivity contribution is 0.0508. The number of aryl methyl sites for hydroxylation is 2. The molecule has 1 saturated heterocycles. The molecule has 0 unspecified atom stereocenters. The van der Waals surface area contributed by atoms with Gasteiger partial charge in [0.2, 0.25) is 6.79 Å². The summed E-state index contributed by atoms with van der Waals surface area (Å²) in [4.78, 5) is 21.0. The third-order valence-corrected chi connectivity index (χ3v) is 7.07. The maximum Gasteiger partial charge on any atom is 0.410 e. The molecule has 37 heavy (non-hydrogen) atoms. The summed E-state index contributed by atoms with van der Waals surface area (Å²) >= 11 is 0. The Labute approximate surface area is 220 Å². The van der Waals surface area contributed by atoms with Crippen molar-refractivity contribution in [3.63, 3.8) is 0 Å². The summed E-state index contributed by atoms with van der Waals surface area (Å²) in [6, 6.07) is 12.7. The molecule has 0 bridgehead atoms. The van der Waals surface area contributed by atoms with Gasteiger partial charge in [-0.3, -0.25) is 4.90 Å². The van der Waals surface area contributed by atoms with Crippen molar-refractivity contribution in [1.82, 2.24) is 10.2 Å². The van der Waals surface area contributed by atoms with E-state index < -0.39 is 6.09 Å². The standard InChI is InChI=1S/C29H40N4O4/c1-4-30-29(34)37-21-36-28-13-11-24-10-12-25(20-26(24)31-28)35-19-6-5-14-32-15-17-33(18-16-32)27-9-7-8-22(2)23(27)3/h7-10,12,20H,4-6,11,13-19,21H2,1-3H3,(H,30,34). The van der Waals surface area contributed by atoms with Crippen LogP contribution in [0, 0.1) is 13.8 Å². The molecule has 0 saturated carbocycles. The SMILES string of the molecule is CCNC(=O)OCOC1=Nc2cc(OCCCCN3CCN(c4cccc(C)c4C)CC3)ccc2CC1. The molecule has 8 nitrogen and oxygen atoms in total. The number of aliphatic imine (C=N–C) groups is 1. The Balaban J connectivity index is 1.15. The van der Waals surface area contributed by atoms with E-state index in [0.717, 1.165) is 63.4 Å². The van der Waals surface area contributed by atoms with Crippen molar-refractivity contribution in [3.8, 4) is 5.75 Å². The van der Waals surface area contributed by atoms with E-state index in [2.05, 4.69) is 58.2 Å². The van der Waals surface area contributed by atoms with E-state index >= 15 is 0 Å². The number of nitrogens with zero attached hydrogens (tertiary/aromatic N) is 3. The minimum Gasteiger partial charge on any atom is -0.494 e. The molecule has 2 aromatic rings. The van der Waals surface area contributed by atoms with Crippen molar-refractivity contribution in [3.05, 3.63) is 53.1 Å². The monoisotopic (exact) mass is 508 g/mol.